The molecule has 6 rings (SSSR count). The zero-order chi connectivity index (χ0) is 23.6. The molecular formula is C23H21ClN4O4S2. The number of fused-ring (bicyclic) bond motifs is 5. The number of nitrogens with zero attached hydrogens (tertiary/aromatic N) is 3. The third-order valence-electron chi connectivity index (χ3n) is 6.84. The summed E-state index contributed by atoms with van der Waals surface area (Å²) >= 11 is 9.77. The average molecular weight is 517 g/mol. The van der Waals surface area contributed by atoms with Gasteiger partial charge in [0.15, 0.2) is 5.78 Å². The lowest BCUT2D eigenvalue weighted by Crippen LogP contribution is -2.48. The minimum absolute atomic E-state index is 0.0820. The van der Waals surface area contributed by atoms with Crippen molar-refractivity contribution in [2.24, 2.45) is 5.92 Å². The molecule has 1 N–H and O–H groups in total. The van der Waals surface area contributed by atoms with Crippen molar-refractivity contribution in [3.8, 4) is 0 Å². The topological polar surface area (TPSA) is 103 Å². The van der Waals surface area contributed by atoms with Gasteiger partial charge in [-0.05, 0) is 37.8 Å². The van der Waals surface area contributed by atoms with E-state index in [-0.39, 0.29) is 28.3 Å². The van der Waals surface area contributed by atoms with Gasteiger partial charge >= 0.3 is 5.97 Å². The average Bonchev–Trinajstić information content (AvgIpc) is 3.33. The summed E-state index contributed by atoms with van der Waals surface area (Å²) in [7, 11) is 0. The number of anilines is 2. The molecule has 0 amide bonds. The number of nitrogens with one attached hydrogen (secondary N) is 1. The van der Waals surface area contributed by atoms with Gasteiger partial charge in [0.1, 0.15) is 28.4 Å². The van der Waals surface area contributed by atoms with Crippen molar-refractivity contribution < 1.29 is 14.3 Å². The Kier molecular flexibility index (Phi) is 5.23. The molecule has 0 unspecified atom stereocenters. The van der Waals surface area contributed by atoms with Crippen molar-refractivity contribution in [2.45, 2.75) is 38.1 Å². The van der Waals surface area contributed by atoms with Crippen LogP contribution in [0, 0.1) is 5.92 Å². The second-order valence-corrected chi connectivity index (χ2v) is 11.4. The molecule has 34 heavy (non-hydrogen) atoms. The van der Waals surface area contributed by atoms with Crippen molar-refractivity contribution in [1.82, 2.24) is 14.5 Å². The molecule has 0 saturated carbocycles. The van der Waals surface area contributed by atoms with Crippen LogP contribution in [0.3, 0.4) is 0 Å². The summed E-state index contributed by atoms with van der Waals surface area (Å²) in [6, 6.07) is 1.53. The molecule has 1 atom stereocenters. The monoisotopic (exact) mass is 516 g/mol. The molecule has 11 heteroatoms. The fourth-order valence-corrected chi connectivity index (χ4v) is 7.91. The largest absolute Gasteiger partial charge is 0.466 e. The van der Waals surface area contributed by atoms with E-state index < -0.39 is 5.54 Å². The molecule has 2 aliphatic heterocycles. The van der Waals surface area contributed by atoms with E-state index in [0.29, 0.717) is 49.5 Å². The number of halogens is 1. The van der Waals surface area contributed by atoms with Crippen molar-refractivity contribution in [1.29, 1.82) is 0 Å². The summed E-state index contributed by atoms with van der Waals surface area (Å²) < 4.78 is 6.82. The molecule has 5 heterocycles. The Morgan fingerprint density at radius 3 is 2.91 bits per heavy atom. The van der Waals surface area contributed by atoms with Gasteiger partial charge < -0.3 is 10.1 Å². The number of hydrogen-bond donors (Lipinski definition) is 1. The smallest absolute Gasteiger partial charge is 0.309 e. The number of pyridine rings is 1. The number of esters is 1. The fraction of sp³-hybridized carbons (Fsp3) is 0.435. The molecule has 0 radical (unpaired) electrons. The van der Waals surface area contributed by atoms with Gasteiger partial charge in [-0.3, -0.25) is 19.0 Å². The Morgan fingerprint density at radius 1 is 1.35 bits per heavy atom. The number of aromatic nitrogens is 3. The van der Waals surface area contributed by atoms with Gasteiger partial charge in [-0.15, -0.1) is 11.3 Å². The molecule has 1 spiro atoms. The van der Waals surface area contributed by atoms with Crippen LogP contribution in [-0.2, 0) is 27.9 Å². The van der Waals surface area contributed by atoms with Gasteiger partial charge in [0.05, 0.1) is 28.5 Å². The maximum absolute atomic E-state index is 13.5. The van der Waals surface area contributed by atoms with Gasteiger partial charge in [0.2, 0.25) is 0 Å². The molecule has 3 aromatic rings. The van der Waals surface area contributed by atoms with Crippen LogP contribution in [0.2, 0.25) is 5.02 Å². The number of carbonyl (C=O) groups excluding carboxylic acids is 2. The predicted molar refractivity (Wildman–Crippen MR) is 133 cm³/mol. The summed E-state index contributed by atoms with van der Waals surface area (Å²) in [5.41, 5.74) is 0.977. The van der Waals surface area contributed by atoms with Crippen molar-refractivity contribution in [2.75, 3.05) is 23.4 Å². The number of aryl methyl sites for hydroxylation is 1. The van der Waals surface area contributed by atoms with Crippen LogP contribution in [0.5, 0.6) is 0 Å². The molecule has 3 aliphatic rings. The van der Waals surface area contributed by atoms with Crippen LogP contribution in [0.4, 0.5) is 11.5 Å². The van der Waals surface area contributed by atoms with Gasteiger partial charge in [0.25, 0.3) is 5.56 Å². The van der Waals surface area contributed by atoms with E-state index in [0.717, 1.165) is 32.2 Å². The Hall–Kier alpha value is -2.43. The first-order valence-electron chi connectivity index (χ1n) is 11.2. The summed E-state index contributed by atoms with van der Waals surface area (Å²) in [6.45, 7) is 2.19. The minimum Gasteiger partial charge on any atom is -0.466 e. The van der Waals surface area contributed by atoms with Crippen molar-refractivity contribution >= 4 is 68.2 Å². The summed E-state index contributed by atoms with van der Waals surface area (Å²) in [6.07, 6.45) is 3.80. The molecule has 3 aromatic heterocycles. The van der Waals surface area contributed by atoms with Crippen LogP contribution in [0.1, 0.15) is 40.7 Å². The van der Waals surface area contributed by atoms with Crippen LogP contribution in [-0.4, -0.2) is 44.4 Å². The van der Waals surface area contributed by atoms with Crippen LogP contribution >= 0.6 is 34.7 Å². The second-order valence-electron chi connectivity index (χ2n) is 8.94. The Balaban J connectivity index is 1.40. The molecule has 0 aromatic carbocycles. The van der Waals surface area contributed by atoms with E-state index in [2.05, 4.69) is 15.3 Å². The summed E-state index contributed by atoms with van der Waals surface area (Å²) in [4.78, 5) is 49.2. The SMILES string of the molecule is CCOC(=O)[C@H]1CCc2c(sc3ncnc(Nc4cc(Cl)c5n(c4=O)C4(CSC4)CC5=O)c23)C1. The maximum Gasteiger partial charge on any atom is 0.309 e. The van der Waals surface area contributed by atoms with E-state index in [4.69, 9.17) is 16.3 Å². The van der Waals surface area contributed by atoms with Crippen LogP contribution in [0.15, 0.2) is 17.2 Å². The first kappa shape index (κ1) is 22.1. The number of carbonyl (C=O) groups is 2. The maximum atomic E-state index is 13.5. The van der Waals surface area contributed by atoms with E-state index >= 15 is 0 Å². The fourth-order valence-electron chi connectivity index (χ4n) is 5.21. The number of Topliss-reactive ketones (excluding diaryl/α,β-unsaturated/α-hetero) is 1. The molecule has 1 saturated heterocycles. The van der Waals surface area contributed by atoms with Gasteiger partial charge in [-0.25, -0.2) is 9.97 Å². The first-order valence-corrected chi connectivity index (χ1v) is 13.5. The lowest BCUT2D eigenvalue weighted by atomic mass is 9.88. The normalized spacial score (nSPS) is 20.2. The minimum atomic E-state index is -0.472. The van der Waals surface area contributed by atoms with E-state index in [1.807, 2.05) is 6.92 Å². The lowest BCUT2D eigenvalue weighted by Gasteiger charge is -2.38. The van der Waals surface area contributed by atoms with E-state index in [1.54, 1.807) is 27.7 Å². The summed E-state index contributed by atoms with van der Waals surface area (Å²) in [5.74, 6) is 1.59. The van der Waals surface area contributed by atoms with E-state index in [9.17, 15) is 14.4 Å². The Bertz CT molecular complexity index is 1430. The molecule has 176 valence electrons. The number of ether oxygens (including phenoxy) is 1. The molecule has 1 fully saturated rings. The highest BCUT2D eigenvalue weighted by molar-refractivity contribution is 8.00. The first-order chi connectivity index (χ1) is 16.4. The number of ketones is 1. The van der Waals surface area contributed by atoms with Crippen LogP contribution < -0.4 is 10.9 Å². The Labute approximate surface area is 208 Å². The zero-order valence-corrected chi connectivity index (χ0v) is 20.7. The number of thioether (sulfide) groups is 1. The zero-order valence-electron chi connectivity index (χ0n) is 18.4. The number of rotatable bonds is 4. The number of thiophene rings is 1. The quantitative estimate of drug-likeness (QED) is 0.520. The van der Waals surface area contributed by atoms with Crippen molar-refractivity contribution in [3.63, 3.8) is 0 Å². The van der Waals surface area contributed by atoms with Gasteiger partial charge in [-0.2, -0.15) is 11.8 Å². The lowest BCUT2D eigenvalue weighted by molar-refractivity contribution is -0.148. The van der Waals surface area contributed by atoms with Gasteiger partial charge in [0, 0.05) is 22.8 Å². The highest BCUT2D eigenvalue weighted by Crippen LogP contribution is 2.46. The third-order valence-corrected chi connectivity index (χ3v) is 9.78. The van der Waals surface area contributed by atoms with Crippen LogP contribution in [0.25, 0.3) is 10.2 Å². The van der Waals surface area contributed by atoms with E-state index in [1.165, 1.54) is 12.4 Å². The molecule has 8 nitrogen and oxygen atoms in total. The third kappa shape index (κ3) is 3.22. The molecule has 0 bridgehead atoms. The van der Waals surface area contributed by atoms with Crippen molar-refractivity contribution in [3.05, 3.63) is 43.9 Å². The number of hydrogen-bond acceptors (Lipinski definition) is 9. The Morgan fingerprint density at radius 2 is 2.18 bits per heavy atom. The highest BCUT2D eigenvalue weighted by atomic mass is 35.5. The summed E-state index contributed by atoms with van der Waals surface area (Å²) in [5, 5.41) is 4.35. The molecule has 1 aliphatic carbocycles. The second kappa shape index (κ2) is 8.07. The molecular weight excluding hydrogens is 496 g/mol. The standard InChI is InChI=1S/C23H21ClN4O4S2/c1-2-32-22(31)11-3-4-12-16(5-11)34-20-17(12)19(25-10-26-20)27-14-6-13(24)18-15(29)7-23(8-33-9-23)28(18)21(14)30/h6,10-11H,2-5,7-9H2,1H3,(H,25,26,27)/t11-/m0/s1. The highest BCUT2D eigenvalue weighted by Gasteiger charge is 2.50. The van der Waals surface area contributed by atoms with Gasteiger partial charge in [-0.1, -0.05) is 11.6 Å². The predicted octanol–water partition coefficient (Wildman–Crippen LogP) is 3.95.